The summed E-state index contributed by atoms with van der Waals surface area (Å²) in [6.45, 7) is 3.59. The standard InChI is InChI=1S/C22H45NO3/c1-2-3-4-5-6-7-8-9-10-11-12-13-14-15-16-17-18-23(19-20-24)21-22(25)26/h24H,2-21H2,1H3,(H,25,26). The van der Waals surface area contributed by atoms with Gasteiger partial charge in [0.05, 0.1) is 13.2 Å². The number of hydrogen-bond donors (Lipinski definition) is 2. The zero-order valence-corrected chi connectivity index (χ0v) is 17.4. The SMILES string of the molecule is CCCCCCCCCCCCCCCCCCN(CCO)CC(=O)O. The number of aliphatic hydroxyl groups excluding tert-OH is 1. The summed E-state index contributed by atoms with van der Waals surface area (Å²) >= 11 is 0. The van der Waals surface area contributed by atoms with Crippen LogP contribution in [0.1, 0.15) is 110 Å². The Morgan fingerprint density at radius 2 is 1.04 bits per heavy atom. The summed E-state index contributed by atoms with van der Waals surface area (Å²) in [7, 11) is 0. The van der Waals surface area contributed by atoms with E-state index in [4.69, 9.17) is 10.2 Å². The molecule has 2 N–H and O–H groups in total. The fourth-order valence-corrected chi connectivity index (χ4v) is 3.49. The van der Waals surface area contributed by atoms with E-state index in [-0.39, 0.29) is 13.2 Å². The Hall–Kier alpha value is -0.610. The van der Waals surface area contributed by atoms with E-state index in [1.165, 1.54) is 96.3 Å². The highest BCUT2D eigenvalue weighted by atomic mass is 16.4. The minimum absolute atomic E-state index is 0.0339. The maximum atomic E-state index is 10.7. The number of rotatable bonds is 21. The maximum absolute atomic E-state index is 10.7. The molecule has 0 heterocycles. The number of hydrogen-bond acceptors (Lipinski definition) is 3. The van der Waals surface area contributed by atoms with Gasteiger partial charge in [0.25, 0.3) is 0 Å². The third-order valence-corrected chi connectivity index (χ3v) is 5.10. The lowest BCUT2D eigenvalue weighted by atomic mass is 10.0. The van der Waals surface area contributed by atoms with Crippen LogP contribution in [0.2, 0.25) is 0 Å². The highest BCUT2D eigenvalue weighted by molar-refractivity contribution is 5.69. The summed E-state index contributed by atoms with van der Waals surface area (Å²) in [5, 5.41) is 17.8. The summed E-state index contributed by atoms with van der Waals surface area (Å²) in [5.74, 6) is -0.810. The zero-order chi connectivity index (χ0) is 19.3. The number of carboxylic acids is 1. The molecule has 0 unspecified atom stereocenters. The van der Waals surface area contributed by atoms with Crippen molar-refractivity contribution in [2.75, 3.05) is 26.2 Å². The van der Waals surface area contributed by atoms with Crippen LogP contribution in [0.15, 0.2) is 0 Å². The van der Waals surface area contributed by atoms with E-state index < -0.39 is 5.97 Å². The number of unbranched alkanes of at least 4 members (excludes halogenated alkanes) is 15. The molecule has 0 aliphatic rings. The largest absolute Gasteiger partial charge is 0.480 e. The number of aliphatic carboxylic acids is 1. The average Bonchev–Trinajstić information content (AvgIpc) is 2.61. The number of carbonyl (C=O) groups is 1. The lowest BCUT2D eigenvalue weighted by molar-refractivity contribution is -0.138. The lowest BCUT2D eigenvalue weighted by Crippen LogP contribution is -2.33. The fraction of sp³-hybridized carbons (Fsp3) is 0.955. The van der Waals surface area contributed by atoms with Gasteiger partial charge in [0.2, 0.25) is 0 Å². The van der Waals surface area contributed by atoms with Crippen LogP contribution in [0.3, 0.4) is 0 Å². The van der Waals surface area contributed by atoms with Gasteiger partial charge in [-0.05, 0) is 13.0 Å². The van der Waals surface area contributed by atoms with Gasteiger partial charge in [0.1, 0.15) is 0 Å². The van der Waals surface area contributed by atoms with Gasteiger partial charge in [-0.1, -0.05) is 103 Å². The van der Waals surface area contributed by atoms with E-state index in [1.807, 2.05) is 4.90 Å². The van der Waals surface area contributed by atoms with Crippen LogP contribution >= 0.6 is 0 Å². The molecule has 0 rings (SSSR count). The first kappa shape index (κ1) is 25.4. The highest BCUT2D eigenvalue weighted by Gasteiger charge is 2.08. The van der Waals surface area contributed by atoms with E-state index in [1.54, 1.807) is 0 Å². The third-order valence-electron chi connectivity index (χ3n) is 5.10. The molecule has 156 valence electrons. The Morgan fingerprint density at radius 1 is 0.654 bits per heavy atom. The Morgan fingerprint density at radius 3 is 1.38 bits per heavy atom. The van der Waals surface area contributed by atoms with Crippen molar-refractivity contribution in [3.8, 4) is 0 Å². The fourth-order valence-electron chi connectivity index (χ4n) is 3.49. The highest BCUT2D eigenvalue weighted by Crippen LogP contribution is 2.13. The molecule has 0 spiro atoms. The maximum Gasteiger partial charge on any atom is 0.317 e. The predicted octanol–water partition coefficient (Wildman–Crippen LogP) is 5.63. The molecule has 0 amide bonds. The molecule has 0 saturated heterocycles. The first-order valence-electron chi connectivity index (χ1n) is 11.3. The van der Waals surface area contributed by atoms with Gasteiger partial charge < -0.3 is 10.2 Å². The van der Waals surface area contributed by atoms with Gasteiger partial charge in [-0.15, -0.1) is 0 Å². The van der Waals surface area contributed by atoms with Crippen LogP contribution in [0.5, 0.6) is 0 Å². The van der Waals surface area contributed by atoms with Crippen LogP contribution in [0, 0.1) is 0 Å². The number of aliphatic hydroxyl groups is 1. The molecule has 0 bridgehead atoms. The van der Waals surface area contributed by atoms with Crippen molar-refractivity contribution in [3.63, 3.8) is 0 Å². The molecular formula is C22H45NO3. The average molecular weight is 372 g/mol. The van der Waals surface area contributed by atoms with Crippen LogP contribution in [-0.4, -0.2) is 47.3 Å². The van der Waals surface area contributed by atoms with Crippen molar-refractivity contribution in [3.05, 3.63) is 0 Å². The van der Waals surface area contributed by atoms with Crippen molar-refractivity contribution >= 4 is 5.97 Å². The van der Waals surface area contributed by atoms with Gasteiger partial charge in [-0.25, -0.2) is 0 Å². The molecule has 0 aliphatic carbocycles. The summed E-state index contributed by atoms with van der Waals surface area (Å²) in [6, 6.07) is 0. The second kappa shape index (κ2) is 20.7. The number of nitrogens with zero attached hydrogens (tertiary/aromatic N) is 1. The van der Waals surface area contributed by atoms with Crippen molar-refractivity contribution in [1.82, 2.24) is 4.90 Å². The zero-order valence-electron chi connectivity index (χ0n) is 17.4. The van der Waals surface area contributed by atoms with Crippen LogP contribution in [-0.2, 0) is 4.79 Å². The van der Waals surface area contributed by atoms with Crippen LogP contribution in [0.25, 0.3) is 0 Å². The monoisotopic (exact) mass is 371 g/mol. The first-order valence-corrected chi connectivity index (χ1v) is 11.3. The van der Waals surface area contributed by atoms with Crippen molar-refractivity contribution in [2.45, 2.75) is 110 Å². The minimum Gasteiger partial charge on any atom is -0.480 e. The molecule has 0 aliphatic heterocycles. The first-order chi connectivity index (χ1) is 12.7. The van der Waals surface area contributed by atoms with Gasteiger partial charge in [-0.3, -0.25) is 9.69 Å². The van der Waals surface area contributed by atoms with Crippen molar-refractivity contribution < 1.29 is 15.0 Å². The van der Waals surface area contributed by atoms with E-state index in [2.05, 4.69) is 6.92 Å². The van der Waals surface area contributed by atoms with E-state index >= 15 is 0 Å². The van der Waals surface area contributed by atoms with Gasteiger partial charge in [0, 0.05) is 6.54 Å². The second-order valence-corrected chi connectivity index (χ2v) is 7.70. The molecule has 0 atom stereocenters. The molecule has 0 aromatic heterocycles. The van der Waals surface area contributed by atoms with Gasteiger partial charge >= 0.3 is 5.97 Å². The Bertz CT molecular complexity index is 297. The second-order valence-electron chi connectivity index (χ2n) is 7.70. The Labute approximate surface area is 162 Å². The normalized spacial score (nSPS) is 11.3. The van der Waals surface area contributed by atoms with Gasteiger partial charge in [-0.2, -0.15) is 0 Å². The van der Waals surface area contributed by atoms with Crippen LogP contribution < -0.4 is 0 Å². The molecule has 4 nitrogen and oxygen atoms in total. The molecule has 0 radical (unpaired) electrons. The molecule has 26 heavy (non-hydrogen) atoms. The van der Waals surface area contributed by atoms with Gasteiger partial charge in [0.15, 0.2) is 0 Å². The molecule has 4 heteroatoms. The third kappa shape index (κ3) is 19.7. The topological polar surface area (TPSA) is 60.8 Å². The van der Waals surface area contributed by atoms with E-state index in [0.717, 1.165) is 13.0 Å². The van der Waals surface area contributed by atoms with Crippen LogP contribution in [0.4, 0.5) is 0 Å². The predicted molar refractivity (Wildman–Crippen MR) is 111 cm³/mol. The molecule has 0 saturated carbocycles. The summed E-state index contributed by atoms with van der Waals surface area (Å²) in [6.07, 6.45) is 21.6. The quantitative estimate of drug-likeness (QED) is 0.257. The lowest BCUT2D eigenvalue weighted by Gasteiger charge is -2.18. The smallest absolute Gasteiger partial charge is 0.317 e. The summed E-state index contributed by atoms with van der Waals surface area (Å²) in [5.41, 5.74) is 0. The molecular weight excluding hydrogens is 326 g/mol. The van der Waals surface area contributed by atoms with E-state index in [0.29, 0.717) is 6.54 Å². The van der Waals surface area contributed by atoms with E-state index in [9.17, 15) is 4.79 Å². The van der Waals surface area contributed by atoms with Crippen molar-refractivity contribution in [1.29, 1.82) is 0 Å². The molecule has 0 aromatic carbocycles. The van der Waals surface area contributed by atoms with Crippen molar-refractivity contribution in [2.24, 2.45) is 0 Å². The molecule has 0 fully saturated rings. The minimum atomic E-state index is -0.810. The number of carboxylic acid groups (broad SMARTS) is 1. The Balaban J connectivity index is 3.22. The summed E-state index contributed by atoms with van der Waals surface area (Å²) in [4.78, 5) is 12.6. The summed E-state index contributed by atoms with van der Waals surface area (Å²) < 4.78 is 0. The Kier molecular flexibility index (Phi) is 20.2. The molecule has 0 aromatic rings.